The molecule has 0 saturated carbocycles. The Bertz CT molecular complexity index is 578. The fourth-order valence-corrected chi connectivity index (χ4v) is 2.15. The summed E-state index contributed by atoms with van der Waals surface area (Å²) in [4.78, 5) is 11.9. The van der Waals surface area contributed by atoms with Crippen LogP contribution in [0.5, 0.6) is 5.75 Å². The van der Waals surface area contributed by atoms with Gasteiger partial charge in [-0.3, -0.25) is 4.79 Å². The second kappa shape index (κ2) is 8.23. The summed E-state index contributed by atoms with van der Waals surface area (Å²) in [7, 11) is 0. The number of carbonyl (C=O) groups is 1. The predicted molar refractivity (Wildman–Crippen MR) is 89.9 cm³/mol. The van der Waals surface area contributed by atoms with Crippen LogP contribution in [-0.2, 0) is 4.79 Å². The van der Waals surface area contributed by atoms with Gasteiger partial charge in [0.2, 0.25) is 0 Å². The summed E-state index contributed by atoms with van der Waals surface area (Å²) >= 11 is 0. The van der Waals surface area contributed by atoms with Gasteiger partial charge in [0.15, 0.2) is 6.10 Å². The summed E-state index contributed by atoms with van der Waals surface area (Å²) in [6, 6.07) is 18.0. The van der Waals surface area contributed by atoms with E-state index in [1.165, 1.54) is 5.56 Å². The fraction of sp³-hybridized carbons (Fsp3) is 0.316. The number of rotatable bonds is 7. The first kappa shape index (κ1) is 16.1. The molecule has 1 unspecified atom stereocenters. The van der Waals surface area contributed by atoms with Crippen molar-refractivity contribution in [3.05, 3.63) is 54.6 Å². The zero-order valence-corrected chi connectivity index (χ0v) is 13.2. The van der Waals surface area contributed by atoms with Gasteiger partial charge >= 0.3 is 0 Å². The van der Waals surface area contributed by atoms with Gasteiger partial charge in [0, 0.05) is 6.54 Å². The normalized spacial score (nSPS) is 11.7. The minimum atomic E-state index is -0.487. The molecule has 0 saturated heterocycles. The van der Waals surface area contributed by atoms with Crippen LogP contribution in [0.15, 0.2) is 54.6 Å². The molecule has 2 aromatic rings. The highest BCUT2D eigenvalue weighted by Crippen LogP contribution is 2.22. The Morgan fingerprint density at radius 2 is 1.68 bits per heavy atom. The second-order valence-corrected chi connectivity index (χ2v) is 5.30. The molecule has 2 aromatic carbocycles. The van der Waals surface area contributed by atoms with Gasteiger partial charge in [-0.1, -0.05) is 55.8 Å². The SMILES string of the molecule is CCCCNC(=O)C(C)Oc1ccc(-c2ccccc2)cc1. The van der Waals surface area contributed by atoms with Gasteiger partial charge in [-0.15, -0.1) is 0 Å². The number of carbonyl (C=O) groups excluding carboxylic acids is 1. The van der Waals surface area contributed by atoms with E-state index < -0.39 is 6.10 Å². The van der Waals surface area contributed by atoms with E-state index in [4.69, 9.17) is 4.74 Å². The van der Waals surface area contributed by atoms with Crippen molar-refractivity contribution < 1.29 is 9.53 Å². The van der Waals surface area contributed by atoms with Crippen LogP contribution in [0, 0.1) is 0 Å². The van der Waals surface area contributed by atoms with Crippen LogP contribution in [0.1, 0.15) is 26.7 Å². The fourth-order valence-electron chi connectivity index (χ4n) is 2.15. The molecule has 116 valence electrons. The van der Waals surface area contributed by atoms with Crippen molar-refractivity contribution in [3.8, 4) is 16.9 Å². The maximum Gasteiger partial charge on any atom is 0.260 e. The van der Waals surface area contributed by atoms with E-state index in [0.29, 0.717) is 12.3 Å². The third-order valence-corrected chi connectivity index (χ3v) is 3.47. The van der Waals surface area contributed by atoms with Crippen molar-refractivity contribution in [2.45, 2.75) is 32.8 Å². The Labute approximate surface area is 132 Å². The van der Waals surface area contributed by atoms with Gasteiger partial charge in [-0.25, -0.2) is 0 Å². The van der Waals surface area contributed by atoms with Gasteiger partial charge in [-0.05, 0) is 36.6 Å². The topological polar surface area (TPSA) is 38.3 Å². The number of nitrogens with one attached hydrogen (secondary N) is 1. The number of ether oxygens (including phenoxy) is 1. The van der Waals surface area contributed by atoms with Crippen LogP contribution in [0.3, 0.4) is 0 Å². The summed E-state index contributed by atoms with van der Waals surface area (Å²) in [5.41, 5.74) is 2.30. The van der Waals surface area contributed by atoms with Crippen molar-refractivity contribution in [1.82, 2.24) is 5.32 Å². The number of hydrogen-bond donors (Lipinski definition) is 1. The molecule has 1 N–H and O–H groups in total. The standard InChI is InChI=1S/C19H23NO2/c1-3-4-14-20-19(21)15(2)22-18-12-10-17(11-13-18)16-8-6-5-7-9-16/h5-13,15H,3-4,14H2,1-2H3,(H,20,21). The first-order valence-corrected chi connectivity index (χ1v) is 7.80. The lowest BCUT2D eigenvalue weighted by molar-refractivity contribution is -0.127. The lowest BCUT2D eigenvalue weighted by Crippen LogP contribution is -2.36. The van der Waals surface area contributed by atoms with E-state index in [9.17, 15) is 4.79 Å². The zero-order valence-electron chi connectivity index (χ0n) is 13.2. The first-order chi connectivity index (χ1) is 10.7. The van der Waals surface area contributed by atoms with E-state index in [-0.39, 0.29) is 5.91 Å². The Morgan fingerprint density at radius 1 is 1.05 bits per heavy atom. The Balaban J connectivity index is 1.92. The smallest absolute Gasteiger partial charge is 0.260 e. The highest BCUT2D eigenvalue weighted by Gasteiger charge is 2.13. The van der Waals surface area contributed by atoms with Crippen molar-refractivity contribution in [2.75, 3.05) is 6.54 Å². The third kappa shape index (κ3) is 4.62. The van der Waals surface area contributed by atoms with Crippen LogP contribution in [-0.4, -0.2) is 18.6 Å². The average Bonchev–Trinajstić information content (AvgIpc) is 2.56. The Morgan fingerprint density at radius 3 is 2.32 bits per heavy atom. The van der Waals surface area contributed by atoms with Gasteiger partial charge in [0.05, 0.1) is 0 Å². The van der Waals surface area contributed by atoms with Crippen molar-refractivity contribution in [1.29, 1.82) is 0 Å². The molecule has 0 spiro atoms. The number of hydrogen-bond acceptors (Lipinski definition) is 2. The lowest BCUT2D eigenvalue weighted by Gasteiger charge is -2.15. The Hall–Kier alpha value is -2.29. The number of amides is 1. The summed E-state index contributed by atoms with van der Waals surface area (Å²) in [5, 5.41) is 2.88. The monoisotopic (exact) mass is 297 g/mol. The lowest BCUT2D eigenvalue weighted by atomic mass is 10.1. The second-order valence-electron chi connectivity index (χ2n) is 5.30. The van der Waals surface area contributed by atoms with E-state index in [0.717, 1.165) is 18.4 Å². The van der Waals surface area contributed by atoms with E-state index in [1.54, 1.807) is 6.92 Å². The zero-order chi connectivity index (χ0) is 15.8. The third-order valence-electron chi connectivity index (χ3n) is 3.47. The Kier molecular flexibility index (Phi) is 6.01. The van der Waals surface area contributed by atoms with Crippen molar-refractivity contribution in [3.63, 3.8) is 0 Å². The van der Waals surface area contributed by atoms with Gasteiger partial charge < -0.3 is 10.1 Å². The first-order valence-electron chi connectivity index (χ1n) is 7.80. The van der Waals surface area contributed by atoms with Crippen molar-refractivity contribution in [2.24, 2.45) is 0 Å². The molecule has 2 rings (SSSR count). The molecule has 0 aliphatic heterocycles. The molecular weight excluding hydrogens is 274 g/mol. The number of unbranched alkanes of at least 4 members (excludes halogenated alkanes) is 1. The molecule has 0 bridgehead atoms. The van der Waals surface area contributed by atoms with Gasteiger partial charge in [0.25, 0.3) is 5.91 Å². The quantitative estimate of drug-likeness (QED) is 0.783. The summed E-state index contributed by atoms with van der Waals surface area (Å²) in [6.07, 6.45) is 1.57. The molecule has 1 atom stereocenters. The van der Waals surface area contributed by atoms with Crippen LogP contribution in [0.25, 0.3) is 11.1 Å². The van der Waals surface area contributed by atoms with Crippen molar-refractivity contribution >= 4 is 5.91 Å². The highest BCUT2D eigenvalue weighted by atomic mass is 16.5. The largest absolute Gasteiger partial charge is 0.481 e. The summed E-state index contributed by atoms with van der Waals surface area (Å²) in [6.45, 7) is 4.57. The minimum Gasteiger partial charge on any atom is -0.481 e. The molecule has 0 radical (unpaired) electrons. The molecular formula is C19H23NO2. The molecule has 0 aliphatic carbocycles. The highest BCUT2D eigenvalue weighted by molar-refractivity contribution is 5.80. The van der Waals surface area contributed by atoms with E-state index in [1.807, 2.05) is 42.5 Å². The molecule has 22 heavy (non-hydrogen) atoms. The molecule has 3 heteroatoms. The van der Waals surface area contributed by atoms with Gasteiger partial charge in [0.1, 0.15) is 5.75 Å². The predicted octanol–water partition coefficient (Wildman–Crippen LogP) is 4.04. The van der Waals surface area contributed by atoms with Crippen LogP contribution in [0.4, 0.5) is 0 Å². The molecule has 0 fully saturated rings. The van der Waals surface area contributed by atoms with Gasteiger partial charge in [-0.2, -0.15) is 0 Å². The maximum atomic E-state index is 11.9. The molecule has 0 aliphatic rings. The number of benzene rings is 2. The van der Waals surface area contributed by atoms with Crippen LogP contribution >= 0.6 is 0 Å². The molecule has 1 amide bonds. The molecule has 3 nitrogen and oxygen atoms in total. The molecule has 0 heterocycles. The summed E-state index contributed by atoms with van der Waals surface area (Å²) in [5.74, 6) is 0.637. The van der Waals surface area contributed by atoms with E-state index in [2.05, 4.69) is 24.4 Å². The minimum absolute atomic E-state index is 0.0689. The van der Waals surface area contributed by atoms with E-state index >= 15 is 0 Å². The molecule has 0 aromatic heterocycles. The maximum absolute atomic E-state index is 11.9. The van der Waals surface area contributed by atoms with Crippen LogP contribution in [0.2, 0.25) is 0 Å². The average molecular weight is 297 g/mol. The van der Waals surface area contributed by atoms with Crippen LogP contribution < -0.4 is 10.1 Å². The summed E-state index contributed by atoms with van der Waals surface area (Å²) < 4.78 is 5.69.